The van der Waals surface area contributed by atoms with E-state index in [4.69, 9.17) is 14.2 Å². The third-order valence-corrected chi connectivity index (χ3v) is 7.67. The van der Waals surface area contributed by atoms with Crippen LogP contribution in [-0.2, 0) is 14.2 Å². The first kappa shape index (κ1) is 14.5. The van der Waals surface area contributed by atoms with Gasteiger partial charge in [-0.2, -0.15) is 0 Å². The molecule has 4 aliphatic rings. The summed E-state index contributed by atoms with van der Waals surface area (Å²) in [7, 11) is 1.72. The first-order valence-corrected chi connectivity index (χ1v) is 8.66. The standard InChI is InChI=1S/C18H30O3/c1-11-6-7-13-16(2,3)12-8-18(11,13)10-17(4)15(12)20-14(21-17)9-19-5/h11-15H,6-10H2,1-5H3/t11-,12+,13+,14-,15-,17?,18-/m1/s1. The molecule has 0 aromatic carbocycles. The zero-order valence-corrected chi connectivity index (χ0v) is 14.1. The molecular weight excluding hydrogens is 264 g/mol. The summed E-state index contributed by atoms with van der Waals surface area (Å²) in [6, 6.07) is 0. The molecule has 2 bridgehead atoms. The van der Waals surface area contributed by atoms with Crippen molar-refractivity contribution in [2.24, 2.45) is 28.6 Å². The van der Waals surface area contributed by atoms with E-state index < -0.39 is 0 Å². The number of ether oxygens (including phenoxy) is 3. The fraction of sp³-hybridized carbons (Fsp3) is 1.00. The number of hydrogen-bond donors (Lipinski definition) is 0. The fourth-order valence-electron chi connectivity index (χ4n) is 6.82. The topological polar surface area (TPSA) is 27.7 Å². The Hall–Kier alpha value is -0.120. The minimum absolute atomic E-state index is 0.114. The minimum atomic E-state index is -0.174. The third-order valence-electron chi connectivity index (χ3n) is 7.67. The molecule has 3 nitrogen and oxygen atoms in total. The van der Waals surface area contributed by atoms with E-state index in [2.05, 4.69) is 27.7 Å². The first-order chi connectivity index (χ1) is 9.83. The molecule has 1 heterocycles. The number of hydrogen-bond acceptors (Lipinski definition) is 3. The summed E-state index contributed by atoms with van der Waals surface area (Å²) in [6.45, 7) is 10.3. The van der Waals surface area contributed by atoms with Crippen LogP contribution in [0.3, 0.4) is 0 Å². The number of fused-ring (bicyclic) bond motifs is 3. The molecule has 7 atom stereocenters. The van der Waals surface area contributed by atoms with Crippen LogP contribution in [0.1, 0.15) is 53.4 Å². The van der Waals surface area contributed by atoms with Gasteiger partial charge >= 0.3 is 0 Å². The average molecular weight is 294 g/mol. The van der Waals surface area contributed by atoms with E-state index in [1.807, 2.05) is 0 Å². The van der Waals surface area contributed by atoms with Crippen molar-refractivity contribution in [2.45, 2.75) is 71.4 Å². The van der Waals surface area contributed by atoms with E-state index in [9.17, 15) is 0 Å². The van der Waals surface area contributed by atoms with E-state index in [0.717, 1.165) is 11.8 Å². The van der Waals surface area contributed by atoms with Gasteiger partial charge in [-0.3, -0.25) is 0 Å². The molecule has 0 aromatic heterocycles. The van der Waals surface area contributed by atoms with Gasteiger partial charge in [0.2, 0.25) is 0 Å². The van der Waals surface area contributed by atoms with Crippen LogP contribution in [0.2, 0.25) is 0 Å². The summed E-state index contributed by atoms with van der Waals surface area (Å²) in [4.78, 5) is 0. The van der Waals surface area contributed by atoms with Gasteiger partial charge in [-0.05, 0) is 61.2 Å². The maximum atomic E-state index is 6.37. The molecule has 1 saturated heterocycles. The largest absolute Gasteiger partial charge is 0.379 e. The molecule has 3 heteroatoms. The molecule has 4 rings (SSSR count). The summed E-state index contributed by atoms with van der Waals surface area (Å²) >= 11 is 0. The van der Waals surface area contributed by atoms with Crippen molar-refractivity contribution in [3.8, 4) is 0 Å². The molecule has 4 fully saturated rings. The van der Waals surface area contributed by atoms with Gasteiger partial charge in [-0.15, -0.1) is 0 Å². The van der Waals surface area contributed by atoms with Crippen molar-refractivity contribution >= 4 is 0 Å². The summed E-state index contributed by atoms with van der Waals surface area (Å²) < 4.78 is 18.0. The van der Waals surface area contributed by atoms with Gasteiger partial charge in [-0.25, -0.2) is 0 Å². The second-order valence-corrected chi connectivity index (χ2v) is 8.95. The second kappa shape index (κ2) is 4.24. The Morgan fingerprint density at radius 2 is 1.95 bits per heavy atom. The van der Waals surface area contributed by atoms with Gasteiger partial charge < -0.3 is 14.2 Å². The third kappa shape index (κ3) is 1.66. The van der Waals surface area contributed by atoms with Gasteiger partial charge in [0.05, 0.1) is 18.3 Å². The highest BCUT2D eigenvalue weighted by molar-refractivity contribution is 5.20. The Labute approximate surface area is 128 Å². The SMILES string of the molecule is COC[C@@H]1O[C@@H]2[C@@H]3C[C@@]4(CC2(C)O1)[C@H](C)CC[C@H]4C3(C)C. The lowest BCUT2D eigenvalue weighted by molar-refractivity contribution is -0.129. The maximum absolute atomic E-state index is 6.37. The lowest BCUT2D eigenvalue weighted by Gasteiger charge is -2.46. The summed E-state index contributed by atoms with van der Waals surface area (Å²) in [5, 5.41) is 0. The van der Waals surface area contributed by atoms with Crippen molar-refractivity contribution < 1.29 is 14.2 Å². The molecule has 3 aliphatic carbocycles. The van der Waals surface area contributed by atoms with Crippen LogP contribution in [0, 0.1) is 28.6 Å². The maximum Gasteiger partial charge on any atom is 0.182 e. The smallest absolute Gasteiger partial charge is 0.182 e. The Balaban J connectivity index is 1.72. The van der Waals surface area contributed by atoms with Crippen LogP contribution in [0.15, 0.2) is 0 Å². The number of methoxy groups -OCH3 is 1. The summed E-state index contributed by atoms with van der Waals surface area (Å²) in [6.07, 6.45) is 5.38. The zero-order chi connectivity index (χ0) is 15.0. The van der Waals surface area contributed by atoms with E-state index in [1.165, 1.54) is 25.7 Å². The molecule has 0 radical (unpaired) electrons. The molecule has 1 unspecified atom stereocenters. The van der Waals surface area contributed by atoms with E-state index in [1.54, 1.807) is 7.11 Å². The van der Waals surface area contributed by atoms with E-state index in [-0.39, 0.29) is 18.0 Å². The Bertz CT molecular complexity index is 448. The van der Waals surface area contributed by atoms with Crippen LogP contribution in [0.5, 0.6) is 0 Å². The van der Waals surface area contributed by atoms with Crippen LogP contribution < -0.4 is 0 Å². The molecule has 1 aliphatic heterocycles. The van der Waals surface area contributed by atoms with Crippen LogP contribution >= 0.6 is 0 Å². The Morgan fingerprint density at radius 1 is 1.19 bits per heavy atom. The van der Waals surface area contributed by atoms with Gasteiger partial charge in [0.25, 0.3) is 0 Å². The molecule has 120 valence electrons. The normalized spacial score (nSPS) is 57.3. The highest BCUT2D eigenvalue weighted by Gasteiger charge is 2.72. The van der Waals surface area contributed by atoms with E-state index in [0.29, 0.717) is 23.4 Å². The molecule has 3 saturated carbocycles. The predicted molar refractivity (Wildman–Crippen MR) is 80.9 cm³/mol. The molecule has 0 amide bonds. The molecular formula is C18H30O3. The van der Waals surface area contributed by atoms with Gasteiger partial charge in [0.1, 0.15) is 0 Å². The quantitative estimate of drug-likeness (QED) is 0.778. The Morgan fingerprint density at radius 3 is 2.67 bits per heavy atom. The highest BCUT2D eigenvalue weighted by atomic mass is 16.8. The molecule has 1 spiro atoms. The lowest BCUT2D eigenvalue weighted by atomic mass is 9.62. The monoisotopic (exact) mass is 294 g/mol. The van der Waals surface area contributed by atoms with Gasteiger partial charge in [-0.1, -0.05) is 20.8 Å². The van der Waals surface area contributed by atoms with Crippen molar-refractivity contribution in [2.75, 3.05) is 13.7 Å². The summed E-state index contributed by atoms with van der Waals surface area (Å²) in [5.74, 6) is 2.31. The lowest BCUT2D eigenvalue weighted by Crippen LogP contribution is -2.50. The fourth-order valence-corrected chi connectivity index (χ4v) is 6.82. The van der Waals surface area contributed by atoms with Gasteiger partial charge in [0.15, 0.2) is 6.29 Å². The van der Waals surface area contributed by atoms with Crippen LogP contribution in [-0.4, -0.2) is 31.7 Å². The summed E-state index contributed by atoms with van der Waals surface area (Å²) in [5.41, 5.74) is 0.750. The molecule has 21 heavy (non-hydrogen) atoms. The molecule has 0 aromatic rings. The van der Waals surface area contributed by atoms with Crippen LogP contribution in [0.4, 0.5) is 0 Å². The Kier molecular flexibility index (Phi) is 2.92. The average Bonchev–Trinajstić information content (AvgIpc) is 2.93. The van der Waals surface area contributed by atoms with E-state index >= 15 is 0 Å². The second-order valence-electron chi connectivity index (χ2n) is 8.95. The van der Waals surface area contributed by atoms with Crippen molar-refractivity contribution in [1.29, 1.82) is 0 Å². The van der Waals surface area contributed by atoms with Crippen molar-refractivity contribution in [3.63, 3.8) is 0 Å². The minimum Gasteiger partial charge on any atom is -0.379 e. The first-order valence-electron chi connectivity index (χ1n) is 8.66. The highest BCUT2D eigenvalue weighted by Crippen LogP contribution is 2.74. The van der Waals surface area contributed by atoms with Crippen molar-refractivity contribution in [3.05, 3.63) is 0 Å². The van der Waals surface area contributed by atoms with Crippen LogP contribution in [0.25, 0.3) is 0 Å². The van der Waals surface area contributed by atoms with Gasteiger partial charge in [0, 0.05) is 7.11 Å². The number of rotatable bonds is 2. The van der Waals surface area contributed by atoms with Crippen molar-refractivity contribution in [1.82, 2.24) is 0 Å². The molecule has 0 N–H and O–H groups in total. The predicted octanol–water partition coefficient (Wildman–Crippen LogP) is 3.62. The zero-order valence-electron chi connectivity index (χ0n) is 14.1.